The summed E-state index contributed by atoms with van der Waals surface area (Å²) in [6.07, 6.45) is 1.30. The van der Waals surface area contributed by atoms with Gasteiger partial charge in [-0.25, -0.2) is 9.18 Å². The van der Waals surface area contributed by atoms with Crippen LogP contribution in [-0.2, 0) is 0 Å². The minimum Gasteiger partial charge on any atom is -0.487 e. The molecule has 0 amide bonds. The van der Waals surface area contributed by atoms with Crippen LogP contribution in [0.2, 0.25) is 0 Å². The van der Waals surface area contributed by atoms with Crippen LogP contribution in [0.4, 0.5) is 15.8 Å². The van der Waals surface area contributed by atoms with Crippen molar-refractivity contribution in [2.45, 2.75) is 13.0 Å². The second kappa shape index (κ2) is 7.14. The van der Waals surface area contributed by atoms with Gasteiger partial charge in [-0.05, 0) is 14.0 Å². The van der Waals surface area contributed by atoms with Gasteiger partial charge in [-0.1, -0.05) is 0 Å². The number of likely N-dealkylation sites (N-methyl/N-ethyl adjacent to an activating group) is 1. The van der Waals surface area contributed by atoms with Crippen LogP contribution in [0.1, 0.15) is 23.3 Å². The van der Waals surface area contributed by atoms with Gasteiger partial charge in [0.1, 0.15) is 17.9 Å². The summed E-state index contributed by atoms with van der Waals surface area (Å²) in [5, 5.41) is 9.24. The number of aromatic nitrogens is 1. The van der Waals surface area contributed by atoms with Gasteiger partial charge in [0.15, 0.2) is 11.6 Å². The Morgan fingerprint density at radius 3 is 2.57 bits per heavy atom. The molecule has 28 heavy (non-hydrogen) atoms. The SMILES string of the molecule is CC1COc2c(N3CCN(C)CC3)c(F)c(N)c3c(=O)c(C(=O)O)cn1c23.Cl. The van der Waals surface area contributed by atoms with Crippen LogP contribution < -0.4 is 20.8 Å². The van der Waals surface area contributed by atoms with Gasteiger partial charge < -0.3 is 29.9 Å². The summed E-state index contributed by atoms with van der Waals surface area (Å²) in [6.45, 7) is 4.81. The first kappa shape index (κ1) is 20.2. The van der Waals surface area contributed by atoms with Gasteiger partial charge in [-0.3, -0.25) is 4.79 Å². The fourth-order valence-corrected chi connectivity index (χ4v) is 3.80. The van der Waals surface area contributed by atoms with Gasteiger partial charge in [0, 0.05) is 32.4 Å². The maximum atomic E-state index is 15.3. The summed E-state index contributed by atoms with van der Waals surface area (Å²) in [5.41, 5.74) is 5.06. The Hall–Kier alpha value is -2.52. The van der Waals surface area contributed by atoms with Crippen molar-refractivity contribution in [1.29, 1.82) is 0 Å². The number of nitrogens with zero attached hydrogens (tertiary/aromatic N) is 3. The number of hydrogen-bond acceptors (Lipinski definition) is 6. The molecule has 152 valence electrons. The number of carboxylic acids is 1. The molecule has 1 saturated heterocycles. The molecule has 2 aromatic rings. The number of nitrogen functional groups attached to an aromatic ring is 1. The number of anilines is 2. The third-order valence-electron chi connectivity index (χ3n) is 5.37. The molecule has 4 rings (SSSR count). The Labute approximate surface area is 166 Å². The highest BCUT2D eigenvalue weighted by Crippen LogP contribution is 2.45. The molecule has 2 aliphatic heterocycles. The number of ether oxygens (including phenoxy) is 1. The number of aromatic carboxylic acids is 1. The lowest BCUT2D eigenvalue weighted by Crippen LogP contribution is -2.45. The van der Waals surface area contributed by atoms with Crippen LogP contribution >= 0.6 is 12.4 Å². The highest BCUT2D eigenvalue weighted by atomic mass is 35.5. The van der Waals surface area contributed by atoms with E-state index in [9.17, 15) is 14.7 Å². The van der Waals surface area contributed by atoms with Gasteiger partial charge in [0.25, 0.3) is 0 Å². The standard InChI is InChI=1S/C18H21FN4O4.ClH/c1-9-8-27-17-14-11(16(24)10(18(25)26)7-23(9)14)13(20)12(19)15(17)22-5-3-21(2)4-6-22;/h7,9H,3-6,8,20H2,1-2H3,(H,25,26);1H. The highest BCUT2D eigenvalue weighted by molar-refractivity contribution is 6.03. The number of pyridine rings is 1. The molecule has 1 aromatic carbocycles. The predicted octanol–water partition coefficient (Wildman–Crippen LogP) is 1.55. The number of nitrogens with two attached hydrogens (primary N) is 1. The van der Waals surface area contributed by atoms with E-state index in [0.717, 1.165) is 13.1 Å². The quantitative estimate of drug-likeness (QED) is 0.721. The number of halogens is 2. The molecule has 3 heterocycles. The smallest absolute Gasteiger partial charge is 0.341 e. The lowest BCUT2D eigenvalue weighted by Gasteiger charge is -2.37. The third-order valence-corrected chi connectivity index (χ3v) is 5.37. The van der Waals surface area contributed by atoms with E-state index >= 15 is 4.39 Å². The molecule has 0 spiro atoms. The monoisotopic (exact) mass is 412 g/mol. The first-order chi connectivity index (χ1) is 12.8. The number of rotatable bonds is 2. The normalized spacial score (nSPS) is 19.2. The van der Waals surface area contributed by atoms with E-state index < -0.39 is 22.8 Å². The van der Waals surface area contributed by atoms with Crippen LogP contribution in [0.3, 0.4) is 0 Å². The first-order valence-electron chi connectivity index (χ1n) is 8.80. The maximum Gasteiger partial charge on any atom is 0.341 e. The summed E-state index contributed by atoms with van der Waals surface area (Å²) < 4.78 is 22.8. The van der Waals surface area contributed by atoms with Crippen LogP contribution in [-0.4, -0.2) is 60.4 Å². The Morgan fingerprint density at radius 2 is 1.96 bits per heavy atom. The van der Waals surface area contributed by atoms with E-state index in [1.165, 1.54) is 6.20 Å². The fourth-order valence-electron chi connectivity index (χ4n) is 3.80. The van der Waals surface area contributed by atoms with Gasteiger partial charge in [0.05, 0.1) is 22.6 Å². The molecule has 1 fully saturated rings. The van der Waals surface area contributed by atoms with E-state index in [0.29, 0.717) is 18.6 Å². The molecule has 1 aromatic heterocycles. The summed E-state index contributed by atoms with van der Waals surface area (Å²) in [7, 11) is 2.00. The van der Waals surface area contributed by atoms with E-state index in [1.54, 1.807) is 4.57 Å². The zero-order chi connectivity index (χ0) is 19.5. The van der Waals surface area contributed by atoms with Crippen LogP contribution in [0.15, 0.2) is 11.0 Å². The Bertz CT molecular complexity index is 1020. The van der Waals surface area contributed by atoms with E-state index in [1.807, 2.05) is 18.9 Å². The van der Waals surface area contributed by atoms with Crippen LogP contribution in [0, 0.1) is 5.82 Å². The topological polar surface area (TPSA) is 101 Å². The van der Waals surface area contributed by atoms with Gasteiger partial charge >= 0.3 is 5.97 Å². The van der Waals surface area contributed by atoms with Crippen molar-refractivity contribution in [2.24, 2.45) is 0 Å². The van der Waals surface area contributed by atoms with Crippen LogP contribution in [0.5, 0.6) is 5.75 Å². The van der Waals surface area contributed by atoms with E-state index in [2.05, 4.69) is 4.90 Å². The van der Waals surface area contributed by atoms with Crippen molar-refractivity contribution in [1.82, 2.24) is 9.47 Å². The largest absolute Gasteiger partial charge is 0.487 e. The summed E-state index contributed by atoms with van der Waals surface area (Å²) in [5.74, 6) is -1.84. The van der Waals surface area contributed by atoms with Crippen LogP contribution in [0.25, 0.3) is 10.9 Å². The Kier molecular flexibility index (Phi) is 5.16. The van der Waals surface area contributed by atoms with Crippen molar-refractivity contribution >= 4 is 40.7 Å². The van der Waals surface area contributed by atoms with Gasteiger partial charge in [0.2, 0.25) is 5.43 Å². The first-order valence-corrected chi connectivity index (χ1v) is 8.80. The minimum atomic E-state index is -1.37. The number of carbonyl (C=O) groups is 1. The second-order valence-electron chi connectivity index (χ2n) is 7.16. The molecule has 0 bridgehead atoms. The Balaban J connectivity index is 0.00000225. The number of piperazine rings is 1. The molecule has 0 saturated carbocycles. The van der Waals surface area contributed by atoms with Crippen molar-refractivity contribution in [3.8, 4) is 5.75 Å². The van der Waals surface area contributed by atoms with Gasteiger partial charge in [-0.2, -0.15) is 0 Å². The molecule has 1 unspecified atom stereocenters. The zero-order valence-electron chi connectivity index (χ0n) is 15.6. The maximum absolute atomic E-state index is 15.3. The lowest BCUT2D eigenvalue weighted by atomic mass is 10.0. The molecule has 8 nitrogen and oxygen atoms in total. The molecule has 3 N–H and O–H groups in total. The van der Waals surface area contributed by atoms with Crippen molar-refractivity contribution in [3.63, 3.8) is 0 Å². The zero-order valence-corrected chi connectivity index (χ0v) is 16.4. The second-order valence-corrected chi connectivity index (χ2v) is 7.16. The summed E-state index contributed by atoms with van der Waals surface area (Å²) >= 11 is 0. The average molecular weight is 413 g/mol. The minimum absolute atomic E-state index is 0. The molecule has 2 aliphatic rings. The lowest BCUT2D eigenvalue weighted by molar-refractivity contribution is 0.0694. The molecule has 1 atom stereocenters. The Morgan fingerprint density at radius 1 is 1.32 bits per heavy atom. The average Bonchev–Trinajstić information content (AvgIpc) is 2.63. The predicted molar refractivity (Wildman–Crippen MR) is 107 cm³/mol. The number of carboxylic acid groups (broad SMARTS) is 1. The molecule has 10 heteroatoms. The van der Waals surface area contributed by atoms with E-state index in [4.69, 9.17) is 10.5 Å². The van der Waals surface area contributed by atoms with Crippen molar-refractivity contribution in [3.05, 3.63) is 27.8 Å². The third kappa shape index (κ3) is 2.85. The summed E-state index contributed by atoms with van der Waals surface area (Å²) in [4.78, 5) is 28.2. The van der Waals surface area contributed by atoms with Crippen molar-refractivity contribution < 1.29 is 19.0 Å². The number of benzene rings is 1. The molecular formula is C18H22ClFN4O4. The highest BCUT2D eigenvalue weighted by Gasteiger charge is 2.33. The molecule has 0 radical (unpaired) electrons. The molecule has 0 aliphatic carbocycles. The van der Waals surface area contributed by atoms with Gasteiger partial charge in [-0.15, -0.1) is 12.4 Å². The fraction of sp³-hybridized carbons (Fsp3) is 0.444. The van der Waals surface area contributed by atoms with E-state index in [-0.39, 0.29) is 47.6 Å². The summed E-state index contributed by atoms with van der Waals surface area (Å²) in [6, 6.07) is -0.219. The van der Waals surface area contributed by atoms with Crippen molar-refractivity contribution in [2.75, 3.05) is 50.5 Å². The number of hydrogen-bond donors (Lipinski definition) is 2. The molecular weight excluding hydrogens is 391 g/mol.